The lowest BCUT2D eigenvalue weighted by Gasteiger charge is -2.05. The van der Waals surface area contributed by atoms with E-state index in [9.17, 15) is 4.79 Å². The van der Waals surface area contributed by atoms with Crippen molar-refractivity contribution in [1.29, 1.82) is 5.26 Å². The normalized spacial score (nSPS) is 9.65. The Labute approximate surface area is 101 Å². The average molecular weight is 232 g/mol. The summed E-state index contributed by atoms with van der Waals surface area (Å²) < 4.78 is 5.09. The lowest BCUT2D eigenvalue weighted by atomic mass is 10.1. The van der Waals surface area contributed by atoms with Gasteiger partial charge in [-0.05, 0) is 24.6 Å². The molecule has 0 saturated carbocycles. The van der Waals surface area contributed by atoms with Crippen LogP contribution in [-0.4, -0.2) is 19.1 Å². The van der Waals surface area contributed by atoms with Gasteiger partial charge in [-0.2, -0.15) is 5.26 Å². The molecule has 1 N–H and O–H groups in total. The van der Waals surface area contributed by atoms with Gasteiger partial charge in [0, 0.05) is 19.6 Å². The van der Waals surface area contributed by atoms with Crippen LogP contribution in [0.3, 0.4) is 0 Å². The van der Waals surface area contributed by atoms with Gasteiger partial charge in [-0.1, -0.05) is 12.1 Å². The van der Waals surface area contributed by atoms with Gasteiger partial charge >= 0.3 is 0 Å². The first-order valence-corrected chi connectivity index (χ1v) is 5.59. The van der Waals surface area contributed by atoms with Gasteiger partial charge in [-0.3, -0.25) is 4.79 Å². The summed E-state index contributed by atoms with van der Waals surface area (Å²) in [5.41, 5.74) is 1.60. The van der Waals surface area contributed by atoms with Crippen molar-refractivity contribution in [3.63, 3.8) is 0 Å². The van der Waals surface area contributed by atoms with E-state index in [1.807, 2.05) is 25.1 Å². The highest BCUT2D eigenvalue weighted by molar-refractivity contribution is 5.75. The number of carbonyl (C=O) groups is 1. The lowest BCUT2D eigenvalue weighted by Crippen LogP contribution is -2.23. The fraction of sp³-hybridized carbons (Fsp3) is 0.385. The van der Waals surface area contributed by atoms with Crippen LogP contribution in [0.15, 0.2) is 24.3 Å². The molecule has 0 atom stereocenters. The summed E-state index contributed by atoms with van der Waals surface area (Å²) in [4.78, 5) is 11.4. The minimum atomic E-state index is -0.0252. The van der Waals surface area contributed by atoms with Crippen LogP contribution in [0.25, 0.3) is 0 Å². The maximum Gasteiger partial charge on any atom is 0.222 e. The fourth-order valence-electron chi connectivity index (χ4n) is 1.30. The summed E-state index contributed by atoms with van der Waals surface area (Å²) in [6.45, 7) is 3.46. The monoisotopic (exact) mass is 232 g/mol. The van der Waals surface area contributed by atoms with E-state index in [-0.39, 0.29) is 5.91 Å². The number of benzene rings is 1. The lowest BCUT2D eigenvalue weighted by molar-refractivity contribution is -0.122. The standard InChI is InChI=1S/C13H16N2O2/c1-2-17-8-7-13(16)15-10-12-5-3-11(9-14)4-6-12/h3-6H,2,7-8,10H2,1H3,(H,15,16). The van der Waals surface area contributed by atoms with Gasteiger partial charge in [0.1, 0.15) is 0 Å². The first-order valence-electron chi connectivity index (χ1n) is 5.59. The summed E-state index contributed by atoms with van der Waals surface area (Å²) in [6, 6.07) is 9.19. The van der Waals surface area contributed by atoms with Crippen LogP contribution in [-0.2, 0) is 16.1 Å². The summed E-state index contributed by atoms with van der Waals surface area (Å²) in [5.74, 6) is -0.0252. The minimum absolute atomic E-state index is 0.0252. The van der Waals surface area contributed by atoms with Gasteiger partial charge in [-0.25, -0.2) is 0 Å². The second-order valence-electron chi connectivity index (χ2n) is 3.53. The molecular weight excluding hydrogens is 216 g/mol. The van der Waals surface area contributed by atoms with Gasteiger partial charge in [0.15, 0.2) is 0 Å². The summed E-state index contributed by atoms with van der Waals surface area (Å²) in [7, 11) is 0. The van der Waals surface area contributed by atoms with Crippen LogP contribution in [0.4, 0.5) is 0 Å². The quantitative estimate of drug-likeness (QED) is 0.758. The predicted octanol–water partition coefficient (Wildman–Crippen LogP) is 1.60. The van der Waals surface area contributed by atoms with Crippen LogP contribution < -0.4 is 5.32 Å². The molecule has 0 aliphatic heterocycles. The second-order valence-corrected chi connectivity index (χ2v) is 3.53. The van der Waals surface area contributed by atoms with E-state index < -0.39 is 0 Å². The molecule has 90 valence electrons. The Morgan fingerprint density at radius 3 is 2.71 bits per heavy atom. The van der Waals surface area contributed by atoms with Crippen molar-refractivity contribution in [2.24, 2.45) is 0 Å². The van der Waals surface area contributed by atoms with Gasteiger partial charge in [0.25, 0.3) is 0 Å². The number of ether oxygens (including phenoxy) is 1. The molecule has 1 aromatic carbocycles. The largest absolute Gasteiger partial charge is 0.381 e. The summed E-state index contributed by atoms with van der Waals surface area (Å²) >= 11 is 0. The number of amides is 1. The molecule has 0 bridgehead atoms. The number of nitriles is 1. The third kappa shape index (κ3) is 5.14. The zero-order valence-corrected chi connectivity index (χ0v) is 9.90. The van der Waals surface area contributed by atoms with Crippen molar-refractivity contribution < 1.29 is 9.53 Å². The van der Waals surface area contributed by atoms with Crippen LogP contribution >= 0.6 is 0 Å². The maximum atomic E-state index is 11.4. The highest BCUT2D eigenvalue weighted by Crippen LogP contribution is 2.02. The van der Waals surface area contributed by atoms with E-state index in [0.717, 1.165) is 5.56 Å². The molecule has 1 aromatic rings. The average Bonchev–Trinajstić information content (AvgIpc) is 2.37. The molecule has 1 rings (SSSR count). The minimum Gasteiger partial charge on any atom is -0.381 e. The molecule has 4 heteroatoms. The van der Waals surface area contributed by atoms with E-state index in [1.54, 1.807) is 12.1 Å². The van der Waals surface area contributed by atoms with Crippen molar-refractivity contribution in [2.45, 2.75) is 19.9 Å². The molecular formula is C13H16N2O2. The molecule has 0 aliphatic rings. The highest BCUT2D eigenvalue weighted by atomic mass is 16.5. The zero-order valence-electron chi connectivity index (χ0n) is 9.90. The Kier molecular flexibility index (Phi) is 5.76. The van der Waals surface area contributed by atoms with E-state index >= 15 is 0 Å². The predicted molar refractivity (Wildman–Crippen MR) is 64.1 cm³/mol. The molecule has 0 fully saturated rings. The Bertz CT molecular complexity index is 393. The summed E-state index contributed by atoms with van der Waals surface area (Å²) in [5, 5.41) is 11.4. The van der Waals surface area contributed by atoms with Crippen molar-refractivity contribution in [3.8, 4) is 6.07 Å². The SMILES string of the molecule is CCOCCC(=O)NCc1ccc(C#N)cc1. The number of nitrogens with one attached hydrogen (secondary N) is 1. The number of rotatable bonds is 6. The smallest absolute Gasteiger partial charge is 0.222 e. The van der Waals surface area contributed by atoms with Gasteiger partial charge in [-0.15, -0.1) is 0 Å². The van der Waals surface area contributed by atoms with E-state index in [1.165, 1.54) is 0 Å². The fourth-order valence-corrected chi connectivity index (χ4v) is 1.30. The van der Waals surface area contributed by atoms with Crippen LogP contribution in [0.5, 0.6) is 0 Å². The zero-order chi connectivity index (χ0) is 12.5. The molecule has 0 aromatic heterocycles. The molecule has 0 heterocycles. The Morgan fingerprint density at radius 1 is 1.41 bits per heavy atom. The third-order valence-electron chi connectivity index (χ3n) is 2.25. The number of hydrogen-bond donors (Lipinski definition) is 1. The van der Waals surface area contributed by atoms with Crippen LogP contribution in [0.2, 0.25) is 0 Å². The Balaban J connectivity index is 2.30. The first kappa shape index (κ1) is 13.2. The van der Waals surface area contributed by atoms with Crippen molar-refractivity contribution in [1.82, 2.24) is 5.32 Å². The molecule has 1 amide bonds. The number of carbonyl (C=O) groups excluding carboxylic acids is 1. The first-order chi connectivity index (χ1) is 8.26. The molecule has 4 nitrogen and oxygen atoms in total. The molecule has 0 radical (unpaired) electrons. The van der Waals surface area contributed by atoms with Gasteiger partial charge in [0.2, 0.25) is 5.91 Å². The van der Waals surface area contributed by atoms with E-state index in [0.29, 0.717) is 31.7 Å². The topological polar surface area (TPSA) is 62.1 Å². The molecule has 0 spiro atoms. The second kappa shape index (κ2) is 7.42. The van der Waals surface area contributed by atoms with E-state index in [4.69, 9.17) is 10.00 Å². The number of hydrogen-bond acceptors (Lipinski definition) is 3. The maximum absolute atomic E-state index is 11.4. The molecule has 0 unspecified atom stereocenters. The van der Waals surface area contributed by atoms with Crippen LogP contribution in [0.1, 0.15) is 24.5 Å². The van der Waals surface area contributed by atoms with Crippen molar-refractivity contribution >= 4 is 5.91 Å². The molecule has 0 aliphatic carbocycles. The van der Waals surface area contributed by atoms with E-state index in [2.05, 4.69) is 5.32 Å². The van der Waals surface area contributed by atoms with Gasteiger partial charge < -0.3 is 10.1 Å². The van der Waals surface area contributed by atoms with Crippen LogP contribution in [0, 0.1) is 11.3 Å². The Hall–Kier alpha value is -1.86. The van der Waals surface area contributed by atoms with Crippen molar-refractivity contribution in [3.05, 3.63) is 35.4 Å². The molecule has 17 heavy (non-hydrogen) atoms. The summed E-state index contributed by atoms with van der Waals surface area (Å²) in [6.07, 6.45) is 0.379. The molecule has 0 saturated heterocycles. The van der Waals surface area contributed by atoms with Gasteiger partial charge in [0.05, 0.1) is 18.2 Å². The van der Waals surface area contributed by atoms with Crippen molar-refractivity contribution in [2.75, 3.05) is 13.2 Å². The third-order valence-corrected chi connectivity index (χ3v) is 2.25. The highest BCUT2D eigenvalue weighted by Gasteiger charge is 2.01. The Morgan fingerprint density at radius 2 is 2.12 bits per heavy atom. The number of nitrogens with zero attached hydrogens (tertiary/aromatic N) is 1.